The highest BCUT2D eigenvalue weighted by atomic mass is 32.2. The molecule has 2 atom stereocenters. The van der Waals surface area contributed by atoms with Gasteiger partial charge in [0.05, 0.1) is 4.90 Å². The Morgan fingerprint density at radius 2 is 1.95 bits per heavy atom. The molecular formula is C13H21N3O2S. The van der Waals surface area contributed by atoms with Gasteiger partial charge in [-0.25, -0.2) is 13.1 Å². The van der Waals surface area contributed by atoms with Crippen molar-refractivity contribution in [1.29, 1.82) is 0 Å². The fraction of sp³-hybridized carbons (Fsp3) is 0.538. The summed E-state index contributed by atoms with van der Waals surface area (Å²) < 4.78 is 27.4. The maximum Gasteiger partial charge on any atom is 0.240 e. The molecule has 2 unspecified atom stereocenters. The predicted octanol–water partition coefficient (Wildman–Crippen LogP) is 0.887. The van der Waals surface area contributed by atoms with Crippen LogP contribution in [-0.4, -0.2) is 39.5 Å². The number of piperidine rings is 1. The highest BCUT2D eigenvalue weighted by molar-refractivity contribution is 7.89. The van der Waals surface area contributed by atoms with Gasteiger partial charge in [0.2, 0.25) is 10.0 Å². The van der Waals surface area contributed by atoms with Crippen molar-refractivity contribution in [2.75, 3.05) is 25.9 Å². The van der Waals surface area contributed by atoms with Crippen molar-refractivity contribution >= 4 is 15.7 Å². The molecule has 1 fully saturated rings. The van der Waals surface area contributed by atoms with Crippen molar-refractivity contribution < 1.29 is 8.42 Å². The summed E-state index contributed by atoms with van der Waals surface area (Å²) in [7, 11) is -1.39. The van der Waals surface area contributed by atoms with Gasteiger partial charge in [0.15, 0.2) is 0 Å². The van der Waals surface area contributed by atoms with E-state index in [1.165, 1.54) is 12.1 Å². The van der Waals surface area contributed by atoms with E-state index in [2.05, 4.69) is 23.6 Å². The molecule has 106 valence electrons. The van der Waals surface area contributed by atoms with Gasteiger partial charge in [-0.2, -0.15) is 0 Å². The molecular weight excluding hydrogens is 262 g/mol. The third kappa shape index (κ3) is 3.46. The van der Waals surface area contributed by atoms with Gasteiger partial charge in [-0.05, 0) is 50.2 Å². The summed E-state index contributed by atoms with van der Waals surface area (Å²) in [5, 5.41) is 0. The Hall–Kier alpha value is -1.11. The highest BCUT2D eigenvalue weighted by Crippen LogP contribution is 2.19. The number of benzene rings is 1. The lowest BCUT2D eigenvalue weighted by molar-refractivity contribution is 0.188. The van der Waals surface area contributed by atoms with E-state index in [9.17, 15) is 8.42 Å². The average Bonchev–Trinajstić information content (AvgIpc) is 2.33. The highest BCUT2D eigenvalue weighted by Gasteiger charge is 2.28. The lowest BCUT2D eigenvalue weighted by Crippen LogP contribution is -2.48. The van der Waals surface area contributed by atoms with Crippen LogP contribution in [0.1, 0.15) is 13.3 Å². The Kier molecular flexibility index (Phi) is 4.13. The van der Waals surface area contributed by atoms with E-state index in [-0.39, 0.29) is 10.9 Å². The normalized spacial score (nSPS) is 25.4. The van der Waals surface area contributed by atoms with Crippen LogP contribution in [0.3, 0.4) is 0 Å². The van der Waals surface area contributed by atoms with Gasteiger partial charge in [-0.1, -0.05) is 6.92 Å². The summed E-state index contributed by atoms with van der Waals surface area (Å²) in [5.41, 5.74) is 6.13. The number of nitrogen functional groups attached to an aromatic ring is 1. The standard InChI is InChI=1S/C13H21N3O2S/c1-10-9-16(2)8-7-13(10)15-19(17,18)12-5-3-11(14)4-6-12/h3-6,10,13,15H,7-9,14H2,1-2H3. The number of likely N-dealkylation sites (tertiary alicyclic amines) is 1. The van der Waals surface area contributed by atoms with Gasteiger partial charge >= 0.3 is 0 Å². The minimum absolute atomic E-state index is 0.00115. The second-order valence-corrected chi connectivity index (χ2v) is 7.04. The summed E-state index contributed by atoms with van der Waals surface area (Å²) in [6.07, 6.45) is 0.839. The molecule has 1 aromatic carbocycles. The quantitative estimate of drug-likeness (QED) is 0.808. The first kappa shape index (κ1) is 14.3. The molecule has 19 heavy (non-hydrogen) atoms. The Labute approximate surface area is 114 Å². The van der Waals surface area contributed by atoms with Gasteiger partial charge in [0, 0.05) is 18.3 Å². The van der Waals surface area contributed by atoms with Crippen LogP contribution in [-0.2, 0) is 10.0 Å². The van der Waals surface area contributed by atoms with Crippen LogP contribution in [0, 0.1) is 5.92 Å². The number of hydrogen-bond acceptors (Lipinski definition) is 4. The lowest BCUT2D eigenvalue weighted by atomic mass is 9.95. The predicted molar refractivity (Wildman–Crippen MR) is 76.2 cm³/mol. The minimum atomic E-state index is -3.45. The monoisotopic (exact) mass is 283 g/mol. The molecule has 0 bridgehead atoms. The van der Waals surface area contributed by atoms with Crippen molar-refractivity contribution in [1.82, 2.24) is 9.62 Å². The summed E-state index contributed by atoms with van der Waals surface area (Å²) in [5.74, 6) is 0.308. The van der Waals surface area contributed by atoms with Crippen LogP contribution >= 0.6 is 0 Å². The SMILES string of the molecule is CC1CN(C)CCC1NS(=O)(=O)c1ccc(N)cc1. The largest absolute Gasteiger partial charge is 0.399 e. The van der Waals surface area contributed by atoms with Crippen molar-refractivity contribution in [3.05, 3.63) is 24.3 Å². The number of nitrogens with zero attached hydrogens (tertiary/aromatic N) is 1. The number of sulfonamides is 1. The van der Waals surface area contributed by atoms with Crippen molar-refractivity contribution in [3.63, 3.8) is 0 Å². The van der Waals surface area contributed by atoms with E-state index in [1.807, 2.05) is 0 Å². The lowest BCUT2D eigenvalue weighted by Gasteiger charge is -2.34. The van der Waals surface area contributed by atoms with Crippen LogP contribution in [0.25, 0.3) is 0 Å². The molecule has 1 saturated heterocycles. The number of anilines is 1. The number of nitrogens with one attached hydrogen (secondary N) is 1. The zero-order valence-electron chi connectivity index (χ0n) is 11.3. The van der Waals surface area contributed by atoms with Crippen LogP contribution < -0.4 is 10.5 Å². The molecule has 0 radical (unpaired) electrons. The van der Waals surface area contributed by atoms with Gasteiger partial charge in [-0.15, -0.1) is 0 Å². The van der Waals surface area contributed by atoms with Gasteiger partial charge in [0.25, 0.3) is 0 Å². The maximum atomic E-state index is 12.3. The number of rotatable bonds is 3. The molecule has 2 rings (SSSR count). The fourth-order valence-corrected chi connectivity index (χ4v) is 3.82. The molecule has 0 aromatic heterocycles. The van der Waals surface area contributed by atoms with Crippen LogP contribution in [0.15, 0.2) is 29.2 Å². The maximum absolute atomic E-state index is 12.3. The molecule has 0 aliphatic carbocycles. The van der Waals surface area contributed by atoms with Crippen LogP contribution in [0.5, 0.6) is 0 Å². The molecule has 5 nitrogen and oxygen atoms in total. The van der Waals surface area contributed by atoms with Crippen LogP contribution in [0.2, 0.25) is 0 Å². The second-order valence-electron chi connectivity index (χ2n) is 5.33. The molecule has 1 heterocycles. The molecule has 0 spiro atoms. The average molecular weight is 283 g/mol. The third-order valence-electron chi connectivity index (χ3n) is 3.61. The second kappa shape index (κ2) is 5.48. The van der Waals surface area contributed by atoms with E-state index in [0.717, 1.165) is 19.5 Å². The van der Waals surface area contributed by atoms with E-state index in [1.54, 1.807) is 12.1 Å². The molecule has 0 saturated carbocycles. The van der Waals surface area contributed by atoms with E-state index < -0.39 is 10.0 Å². The van der Waals surface area contributed by atoms with E-state index in [0.29, 0.717) is 11.6 Å². The number of nitrogens with two attached hydrogens (primary N) is 1. The molecule has 3 N–H and O–H groups in total. The van der Waals surface area contributed by atoms with E-state index >= 15 is 0 Å². The molecule has 0 amide bonds. The smallest absolute Gasteiger partial charge is 0.240 e. The Bertz CT molecular complexity index is 527. The third-order valence-corrected chi connectivity index (χ3v) is 5.11. The first-order valence-corrected chi connectivity index (χ1v) is 7.93. The van der Waals surface area contributed by atoms with Crippen LogP contribution in [0.4, 0.5) is 5.69 Å². The van der Waals surface area contributed by atoms with Crippen molar-refractivity contribution in [3.8, 4) is 0 Å². The fourth-order valence-electron chi connectivity index (χ4n) is 2.44. The Morgan fingerprint density at radius 3 is 2.53 bits per heavy atom. The molecule has 1 aromatic rings. The number of hydrogen-bond donors (Lipinski definition) is 2. The summed E-state index contributed by atoms with van der Waals surface area (Å²) in [6, 6.07) is 6.28. The van der Waals surface area contributed by atoms with Crippen molar-refractivity contribution in [2.24, 2.45) is 5.92 Å². The summed E-state index contributed by atoms with van der Waals surface area (Å²) in [6.45, 7) is 3.90. The Balaban J connectivity index is 2.11. The van der Waals surface area contributed by atoms with Crippen molar-refractivity contribution in [2.45, 2.75) is 24.3 Å². The Morgan fingerprint density at radius 1 is 1.32 bits per heavy atom. The van der Waals surface area contributed by atoms with Gasteiger partial charge < -0.3 is 10.6 Å². The first-order valence-electron chi connectivity index (χ1n) is 6.45. The first-order chi connectivity index (χ1) is 8.88. The zero-order valence-corrected chi connectivity index (χ0v) is 12.2. The van der Waals surface area contributed by atoms with Gasteiger partial charge in [-0.3, -0.25) is 0 Å². The summed E-state index contributed by atoms with van der Waals surface area (Å²) >= 11 is 0. The van der Waals surface area contributed by atoms with E-state index in [4.69, 9.17) is 5.73 Å². The zero-order chi connectivity index (χ0) is 14.0. The molecule has 6 heteroatoms. The topological polar surface area (TPSA) is 75.4 Å². The minimum Gasteiger partial charge on any atom is -0.399 e. The van der Waals surface area contributed by atoms with Gasteiger partial charge in [0.1, 0.15) is 0 Å². The molecule has 1 aliphatic heterocycles. The molecule has 1 aliphatic rings. The summed E-state index contributed by atoms with van der Waals surface area (Å²) in [4.78, 5) is 2.49.